The van der Waals surface area contributed by atoms with Crippen molar-refractivity contribution in [2.45, 2.75) is 0 Å². The van der Waals surface area contributed by atoms with Crippen molar-refractivity contribution in [2.75, 3.05) is 31.2 Å². The molecule has 1 N–H and O–H groups in total. The molecule has 0 unspecified atom stereocenters. The number of nitrogens with zero attached hydrogens (tertiary/aromatic N) is 5. The first-order valence-corrected chi connectivity index (χ1v) is 10.9. The predicted octanol–water partition coefficient (Wildman–Crippen LogP) is 3.22. The summed E-state index contributed by atoms with van der Waals surface area (Å²) < 4.78 is 8.05. The second-order valence-electron chi connectivity index (χ2n) is 7.34. The molecule has 0 amide bonds. The molecule has 0 bridgehead atoms. The molecule has 5 aromatic rings. The Morgan fingerprint density at radius 3 is 2.65 bits per heavy atom. The van der Waals surface area contributed by atoms with Gasteiger partial charge >= 0.3 is 5.69 Å². The number of thiazole rings is 1. The average molecular weight is 430 g/mol. The highest BCUT2D eigenvalue weighted by molar-refractivity contribution is 7.16. The summed E-state index contributed by atoms with van der Waals surface area (Å²) in [5, 5.41) is 0. The zero-order valence-electron chi connectivity index (χ0n) is 16.5. The van der Waals surface area contributed by atoms with Crippen molar-refractivity contribution in [1.29, 1.82) is 0 Å². The zero-order chi connectivity index (χ0) is 20.8. The summed E-state index contributed by atoms with van der Waals surface area (Å²) >= 11 is 1.57. The highest BCUT2D eigenvalue weighted by Gasteiger charge is 2.15. The number of H-pyrrole nitrogens is 1. The lowest BCUT2D eigenvalue weighted by atomic mass is 10.1. The second kappa shape index (κ2) is 7.29. The van der Waals surface area contributed by atoms with E-state index in [0.717, 1.165) is 47.8 Å². The minimum absolute atomic E-state index is 0.274. The molecule has 1 saturated heterocycles. The van der Waals surface area contributed by atoms with Crippen molar-refractivity contribution in [3.8, 4) is 16.9 Å². The first-order chi connectivity index (χ1) is 15.3. The highest BCUT2D eigenvalue weighted by Crippen LogP contribution is 2.25. The SMILES string of the molecule is O=c1[nH]c2ncc(-c3ccc(N4CCOCC4)cc3)nc2n1-c1ccc2scnc2c1. The van der Waals surface area contributed by atoms with E-state index >= 15 is 0 Å². The third-order valence-corrected chi connectivity index (χ3v) is 6.32. The number of hydrogen-bond donors (Lipinski definition) is 1. The van der Waals surface area contributed by atoms with Crippen LogP contribution in [0.4, 0.5) is 5.69 Å². The van der Waals surface area contributed by atoms with Gasteiger partial charge in [0.2, 0.25) is 0 Å². The van der Waals surface area contributed by atoms with Crippen molar-refractivity contribution in [3.63, 3.8) is 0 Å². The average Bonchev–Trinajstić information content (AvgIpc) is 3.42. The van der Waals surface area contributed by atoms with Crippen molar-refractivity contribution >= 4 is 38.5 Å². The maximum Gasteiger partial charge on any atom is 0.333 e. The normalized spacial score (nSPS) is 14.5. The molecule has 6 rings (SSSR count). The van der Waals surface area contributed by atoms with Crippen molar-refractivity contribution < 1.29 is 4.74 Å². The molecule has 8 nitrogen and oxygen atoms in total. The van der Waals surface area contributed by atoms with E-state index in [0.29, 0.717) is 22.7 Å². The monoisotopic (exact) mass is 430 g/mol. The van der Waals surface area contributed by atoms with Crippen LogP contribution in [0, 0.1) is 0 Å². The summed E-state index contributed by atoms with van der Waals surface area (Å²) in [6, 6.07) is 14.0. The number of aromatic amines is 1. The number of hydrogen-bond acceptors (Lipinski definition) is 7. The van der Waals surface area contributed by atoms with Crippen LogP contribution in [0.25, 0.3) is 38.5 Å². The van der Waals surface area contributed by atoms with E-state index in [1.807, 2.05) is 30.3 Å². The molecule has 1 aliphatic rings. The number of aromatic nitrogens is 5. The number of morpholine rings is 1. The Morgan fingerprint density at radius 1 is 1.00 bits per heavy atom. The van der Waals surface area contributed by atoms with Crippen LogP contribution in [0.5, 0.6) is 0 Å². The number of rotatable bonds is 3. The smallest absolute Gasteiger partial charge is 0.333 e. The Bertz CT molecular complexity index is 1450. The first-order valence-electron chi connectivity index (χ1n) is 10.0. The van der Waals surface area contributed by atoms with Gasteiger partial charge in [-0.3, -0.25) is 4.98 Å². The maximum absolute atomic E-state index is 12.7. The summed E-state index contributed by atoms with van der Waals surface area (Å²) in [5.74, 6) is 0. The lowest BCUT2D eigenvalue weighted by Gasteiger charge is -2.28. The largest absolute Gasteiger partial charge is 0.378 e. The first kappa shape index (κ1) is 18.2. The van der Waals surface area contributed by atoms with Crippen LogP contribution in [-0.2, 0) is 4.74 Å². The fraction of sp³-hybridized carbons (Fsp3) is 0.182. The van der Waals surface area contributed by atoms with E-state index in [1.54, 1.807) is 27.6 Å². The number of benzene rings is 2. The Labute approximate surface area is 180 Å². The molecule has 4 heterocycles. The molecule has 31 heavy (non-hydrogen) atoms. The molecule has 0 atom stereocenters. The summed E-state index contributed by atoms with van der Waals surface area (Å²) in [7, 11) is 0. The van der Waals surface area contributed by atoms with E-state index in [-0.39, 0.29) is 5.69 Å². The van der Waals surface area contributed by atoms with Gasteiger partial charge in [0, 0.05) is 24.3 Å². The van der Waals surface area contributed by atoms with E-state index in [1.165, 1.54) is 0 Å². The van der Waals surface area contributed by atoms with Crippen LogP contribution >= 0.6 is 11.3 Å². The third kappa shape index (κ3) is 3.18. The fourth-order valence-electron chi connectivity index (χ4n) is 3.91. The molecule has 1 fully saturated rings. The second-order valence-corrected chi connectivity index (χ2v) is 8.23. The van der Waals surface area contributed by atoms with Gasteiger partial charge in [-0.05, 0) is 30.3 Å². The van der Waals surface area contributed by atoms with Gasteiger partial charge < -0.3 is 9.64 Å². The lowest BCUT2D eigenvalue weighted by Crippen LogP contribution is -2.36. The summed E-state index contributed by atoms with van der Waals surface area (Å²) in [6.07, 6.45) is 1.69. The maximum atomic E-state index is 12.7. The van der Waals surface area contributed by atoms with Crippen LogP contribution in [0.3, 0.4) is 0 Å². The number of fused-ring (bicyclic) bond motifs is 2. The molecule has 9 heteroatoms. The molecule has 0 saturated carbocycles. The minimum atomic E-state index is -0.274. The lowest BCUT2D eigenvalue weighted by molar-refractivity contribution is 0.122. The summed E-state index contributed by atoms with van der Waals surface area (Å²) in [6.45, 7) is 3.29. The van der Waals surface area contributed by atoms with E-state index in [4.69, 9.17) is 9.72 Å². The Hall–Kier alpha value is -3.56. The van der Waals surface area contributed by atoms with Gasteiger partial charge in [0.05, 0.1) is 46.5 Å². The number of anilines is 1. The standard InChI is InChI=1S/C22H18N6O2S/c29-22-26-20-21(28(22)16-5-6-19-17(11-16)24-13-31-19)25-18(12-23-20)14-1-3-15(4-2-14)27-7-9-30-10-8-27/h1-6,11-13H,7-10H2,(H,23,26,29). The molecular weight excluding hydrogens is 412 g/mol. The fourth-order valence-corrected chi connectivity index (χ4v) is 4.56. The Kier molecular flexibility index (Phi) is 4.29. The summed E-state index contributed by atoms with van der Waals surface area (Å²) in [5.41, 5.74) is 6.86. The van der Waals surface area contributed by atoms with E-state index in [9.17, 15) is 4.79 Å². The van der Waals surface area contributed by atoms with Crippen LogP contribution in [-0.4, -0.2) is 50.8 Å². The molecule has 2 aromatic carbocycles. The minimum Gasteiger partial charge on any atom is -0.378 e. The molecule has 1 aliphatic heterocycles. The van der Waals surface area contributed by atoms with Crippen LogP contribution in [0.1, 0.15) is 0 Å². The van der Waals surface area contributed by atoms with E-state index < -0.39 is 0 Å². The molecule has 154 valence electrons. The van der Waals surface area contributed by atoms with Gasteiger partial charge in [-0.25, -0.2) is 24.3 Å². The van der Waals surface area contributed by atoms with Crippen LogP contribution in [0.2, 0.25) is 0 Å². The molecule has 3 aromatic heterocycles. The van der Waals surface area contributed by atoms with Gasteiger partial charge in [-0.1, -0.05) is 12.1 Å². The van der Waals surface area contributed by atoms with Gasteiger partial charge in [-0.15, -0.1) is 11.3 Å². The van der Waals surface area contributed by atoms with E-state index in [2.05, 4.69) is 32.0 Å². The third-order valence-electron chi connectivity index (χ3n) is 5.51. The topological polar surface area (TPSA) is 88.9 Å². The quantitative estimate of drug-likeness (QED) is 0.473. The molecule has 0 radical (unpaired) electrons. The zero-order valence-corrected chi connectivity index (χ0v) is 17.3. The number of imidazole rings is 1. The van der Waals surface area contributed by atoms with Gasteiger partial charge in [0.1, 0.15) is 0 Å². The van der Waals surface area contributed by atoms with Gasteiger partial charge in [0.15, 0.2) is 11.3 Å². The van der Waals surface area contributed by atoms with Crippen molar-refractivity contribution in [1.82, 2.24) is 24.5 Å². The Balaban J connectivity index is 1.41. The van der Waals surface area contributed by atoms with Crippen molar-refractivity contribution in [2.24, 2.45) is 0 Å². The van der Waals surface area contributed by atoms with Crippen LogP contribution < -0.4 is 10.6 Å². The molecule has 0 spiro atoms. The molecule has 0 aliphatic carbocycles. The van der Waals surface area contributed by atoms with Crippen molar-refractivity contribution in [3.05, 3.63) is 64.7 Å². The van der Waals surface area contributed by atoms with Gasteiger partial charge in [-0.2, -0.15) is 0 Å². The predicted molar refractivity (Wildman–Crippen MR) is 121 cm³/mol. The molecular formula is C22H18N6O2S. The number of nitrogens with one attached hydrogen (secondary N) is 1. The Morgan fingerprint density at radius 2 is 1.81 bits per heavy atom. The number of ether oxygens (including phenoxy) is 1. The highest BCUT2D eigenvalue weighted by atomic mass is 32.1. The van der Waals surface area contributed by atoms with Crippen LogP contribution in [0.15, 0.2) is 59.0 Å². The van der Waals surface area contributed by atoms with Gasteiger partial charge in [0.25, 0.3) is 0 Å². The summed E-state index contributed by atoms with van der Waals surface area (Å²) in [4.78, 5) is 31.4.